The maximum Gasteiger partial charge on any atom is 0.310 e. The van der Waals surface area contributed by atoms with Crippen molar-refractivity contribution >= 4 is 21.9 Å². The van der Waals surface area contributed by atoms with Crippen molar-refractivity contribution in [3.8, 4) is 6.07 Å². The van der Waals surface area contributed by atoms with Crippen molar-refractivity contribution in [3.63, 3.8) is 0 Å². The van der Waals surface area contributed by atoms with Crippen LogP contribution in [0.25, 0.3) is 0 Å². The lowest BCUT2D eigenvalue weighted by atomic mass is 10.0. The highest BCUT2D eigenvalue weighted by Gasteiger charge is 2.13. The lowest BCUT2D eigenvalue weighted by Gasteiger charge is -2.09. The molecule has 0 saturated heterocycles. The summed E-state index contributed by atoms with van der Waals surface area (Å²) in [5, 5.41) is 8.88. The highest BCUT2D eigenvalue weighted by atomic mass is 79.9. The van der Waals surface area contributed by atoms with Crippen LogP contribution in [0.3, 0.4) is 0 Å². The molecule has 0 bridgehead atoms. The Bertz CT molecular complexity index is 449. The number of aryl methyl sites for hydroxylation is 1. The van der Waals surface area contributed by atoms with E-state index in [2.05, 4.69) is 22.0 Å². The van der Waals surface area contributed by atoms with E-state index in [4.69, 9.17) is 10.00 Å². The monoisotopic (exact) mass is 281 g/mol. The Kier molecular flexibility index (Phi) is 4.51. The molecule has 3 nitrogen and oxygen atoms in total. The summed E-state index contributed by atoms with van der Waals surface area (Å²) in [6.07, 6.45) is 0.190. The van der Waals surface area contributed by atoms with Crippen molar-refractivity contribution in [2.75, 3.05) is 6.61 Å². The molecular formula is C12H12BrNO2. The summed E-state index contributed by atoms with van der Waals surface area (Å²) in [6, 6.07) is 5.63. The third-order valence-electron chi connectivity index (χ3n) is 2.22. The quantitative estimate of drug-likeness (QED) is 0.801. The number of benzene rings is 1. The molecule has 84 valence electrons. The lowest BCUT2D eigenvalue weighted by molar-refractivity contribution is -0.142. The van der Waals surface area contributed by atoms with Crippen LogP contribution in [-0.2, 0) is 16.0 Å². The van der Waals surface area contributed by atoms with Crippen LogP contribution in [0, 0.1) is 18.3 Å². The van der Waals surface area contributed by atoms with Crippen molar-refractivity contribution in [2.45, 2.75) is 20.3 Å². The number of carbonyl (C=O) groups excluding carboxylic acids is 1. The molecule has 0 spiro atoms. The lowest BCUT2D eigenvalue weighted by Crippen LogP contribution is -2.09. The summed E-state index contributed by atoms with van der Waals surface area (Å²) in [5.41, 5.74) is 2.32. The normalized spacial score (nSPS) is 9.62. The van der Waals surface area contributed by atoms with E-state index in [0.717, 1.165) is 11.1 Å². The van der Waals surface area contributed by atoms with Crippen LogP contribution in [0.4, 0.5) is 0 Å². The Morgan fingerprint density at radius 1 is 1.56 bits per heavy atom. The molecule has 0 aromatic heterocycles. The molecule has 0 aliphatic carbocycles. The fourth-order valence-electron chi connectivity index (χ4n) is 1.38. The number of halogens is 1. The van der Waals surface area contributed by atoms with E-state index in [0.29, 0.717) is 16.6 Å². The predicted molar refractivity (Wildman–Crippen MR) is 63.9 cm³/mol. The van der Waals surface area contributed by atoms with Gasteiger partial charge in [-0.05, 0) is 47.0 Å². The Labute approximate surface area is 103 Å². The topological polar surface area (TPSA) is 50.1 Å². The molecule has 16 heavy (non-hydrogen) atoms. The first-order valence-electron chi connectivity index (χ1n) is 4.93. The maximum absolute atomic E-state index is 11.4. The molecule has 0 fully saturated rings. The molecule has 4 heteroatoms. The van der Waals surface area contributed by atoms with Crippen LogP contribution >= 0.6 is 15.9 Å². The molecule has 0 radical (unpaired) electrons. The van der Waals surface area contributed by atoms with Gasteiger partial charge in [0.2, 0.25) is 0 Å². The van der Waals surface area contributed by atoms with Gasteiger partial charge in [-0.25, -0.2) is 0 Å². The van der Waals surface area contributed by atoms with Gasteiger partial charge in [-0.2, -0.15) is 5.26 Å². The molecule has 1 rings (SSSR count). The first kappa shape index (κ1) is 12.7. The van der Waals surface area contributed by atoms with Gasteiger partial charge < -0.3 is 4.74 Å². The minimum atomic E-state index is -0.276. The minimum absolute atomic E-state index is 0.190. The van der Waals surface area contributed by atoms with Gasteiger partial charge in [0.1, 0.15) is 6.07 Å². The fraction of sp³-hybridized carbons (Fsp3) is 0.333. The average Bonchev–Trinajstić information content (AvgIpc) is 2.25. The van der Waals surface area contributed by atoms with Crippen LogP contribution in [0.2, 0.25) is 0 Å². The van der Waals surface area contributed by atoms with Crippen LogP contribution in [0.1, 0.15) is 23.6 Å². The van der Waals surface area contributed by atoms with Crippen molar-refractivity contribution in [1.29, 1.82) is 5.26 Å². The number of hydrogen-bond acceptors (Lipinski definition) is 3. The van der Waals surface area contributed by atoms with Crippen molar-refractivity contribution < 1.29 is 9.53 Å². The molecule has 0 saturated carbocycles. The average molecular weight is 282 g/mol. The van der Waals surface area contributed by atoms with Crippen LogP contribution in [0.15, 0.2) is 16.6 Å². The maximum atomic E-state index is 11.4. The second-order valence-corrected chi connectivity index (χ2v) is 4.11. The molecular weight excluding hydrogens is 270 g/mol. The molecule has 0 atom stereocenters. The zero-order chi connectivity index (χ0) is 12.1. The number of ether oxygens (including phenoxy) is 1. The van der Waals surface area contributed by atoms with Gasteiger partial charge in [-0.1, -0.05) is 6.07 Å². The first-order valence-corrected chi connectivity index (χ1v) is 5.73. The smallest absolute Gasteiger partial charge is 0.310 e. The zero-order valence-electron chi connectivity index (χ0n) is 9.21. The molecule has 1 aromatic rings. The number of nitrogens with zero attached hydrogens (tertiary/aromatic N) is 1. The Balaban J connectivity index is 3.04. The second kappa shape index (κ2) is 5.66. The summed E-state index contributed by atoms with van der Waals surface area (Å²) in [5.74, 6) is -0.276. The van der Waals surface area contributed by atoms with E-state index in [9.17, 15) is 4.79 Å². The number of esters is 1. The Morgan fingerprint density at radius 2 is 2.25 bits per heavy atom. The third-order valence-corrected chi connectivity index (χ3v) is 3.13. The number of rotatable bonds is 3. The van der Waals surface area contributed by atoms with Gasteiger partial charge in [0.25, 0.3) is 0 Å². The Morgan fingerprint density at radius 3 is 2.81 bits per heavy atom. The number of carbonyl (C=O) groups is 1. The highest BCUT2D eigenvalue weighted by molar-refractivity contribution is 9.10. The highest BCUT2D eigenvalue weighted by Crippen LogP contribution is 2.25. The molecule has 1 aromatic carbocycles. The SMILES string of the molecule is CCOC(=O)Cc1c(C)ccc(C#N)c1Br. The van der Waals surface area contributed by atoms with Crippen molar-refractivity contribution in [2.24, 2.45) is 0 Å². The van der Waals surface area contributed by atoms with Gasteiger partial charge in [-0.3, -0.25) is 4.79 Å². The van der Waals surface area contributed by atoms with E-state index >= 15 is 0 Å². The third kappa shape index (κ3) is 2.83. The summed E-state index contributed by atoms with van der Waals surface area (Å²) < 4.78 is 5.57. The molecule has 0 aliphatic heterocycles. The van der Waals surface area contributed by atoms with Crippen LogP contribution < -0.4 is 0 Å². The fourth-order valence-corrected chi connectivity index (χ4v) is 2.05. The molecule has 0 unspecified atom stereocenters. The summed E-state index contributed by atoms with van der Waals surface area (Å²) in [6.45, 7) is 4.04. The Hall–Kier alpha value is -1.34. The van der Waals surface area contributed by atoms with Crippen LogP contribution in [-0.4, -0.2) is 12.6 Å². The standard InChI is InChI=1S/C12H12BrNO2/c1-3-16-11(15)6-10-8(2)4-5-9(7-14)12(10)13/h4-5H,3,6H2,1-2H3. The van der Waals surface area contributed by atoms with Crippen LogP contribution in [0.5, 0.6) is 0 Å². The van der Waals surface area contributed by atoms with E-state index in [1.807, 2.05) is 13.0 Å². The van der Waals surface area contributed by atoms with E-state index in [1.54, 1.807) is 13.0 Å². The van der Waals surface area contributed by atoms with Gasteiger partial charge in [0.05, 0.1) is 18.6 Å². The number of nitriles is 1. The van der Waals surface area contributed by atoms with Gasteiger partial charge in [0, 0.05) is 4.47 Å². The summed E-state index contributed by atoms with van der Waals surface area (Å²) in [7, 11) is 0. The largest absolute Gasteiger partial charge is 0.466 e. The van der Waals surface area contributed by atoms with Crippen molar-refractivity contribution in [3.05, 3.63) is 33.3 Å². The molecule has 0 aliphatic rings. The van der Waals surface area contributed by atoms with Gasteiger partial charge in [0.15, 0.2) is 0 Å². The molecule has 0 amide bonds. The van der Waals surface area contributed by atoms with Gasteiger partial charge >= 0.3 is 5.97 Å². The summed E-state index contributed by atoms with van der Waals surface area (Å²) in [4.78, 5) is 11.4. The minimum Gasteiger partial charge on any atom is -0.466 e. The van der Waals surface area contributed by atoms with E-state index < -0.39 is 0 Å². The van der Waals surface area contributed by atoms with Crippen molar-refractivity contribution in [1.82, 2.24) is 0 Å². The summed E-state index contributed by atoms with van der Waals surface area (Å²) >= 11 is 3.34. The molecule has 0 heterocycles. The zero-order valence-corrected chi connectivity index (χ0v) is 10.8. The first-order chi connectivity index (χ1) is 7.60. The van der Waals surface area contributed by atoms with E-state index in [1.165, 1.54) is 0 Å². The molecule has 0 N–H and O–H groups in total. The number of hydrogen-bond donors (Lipinski definition) is 0. The van der Waals surface area contributed by atoms with E-state index in [-0.39, 0.29) is 12.4 Å². The van der Waals surface area contributed by atoms with Gasteiger partial charge in [-0.15, -0.1) is 0 Å². The predicted octanol–water partition coefficient (Wildman–Crippen LogP) is 2.73. The second-order valence-electron chi connectivity index (χ2n) is 3.32.